The summed E-state index contributed by atoms with van der Waals surface area (Å²) in [5.41, 5.74) is 0. The van der Waals surface area contributed by atoms with Gasteiger partial charge in [0.2, 0.25) is 0 Å². The largest absolute Gasteiger partial charge is 0.369 e. The smallest absolute Gasteiger partial charge is 0.152 e. The molecule has 3 aliphatic rings. The van der Waals surface area contributed by atoms with Gasteiger partial charge in [0.05, 0.1) is 12.2 Å². The average Bonchev–Trinajstić information content (AvgIpc) is 1.87. The highest BCUT2D eigenvalue weighted by Crippen LogP contribution is 2.39. The zero-order chi connectivity index (χ0) is 6.43. The van der Waals surface area contributed by atoms with E-state index in [1.165, 1.54) is 0 Å². The second-order valence-corrected chi connectivity index (χ2v) is 3.23. The van der Waals surface area contributed by atoms with Gasteiger partial charge < -0.3 is 4.74 Å². The summed E-state index contributed by atoms with van der Waals surface area (Å²) >= 11 is 0. The number of rotatable bonds is 0. The van der Waals surface area contributed by atoms with Gasteiger partial charge in [0.15, 0.2) is 6.17 Å². The van der Waals surface area contributed by atoms with Crippen molar-refractivity contribution in [3.05, 3.63) is 0 Å². The van der Waals surface area contributed by atoms with Crippen molar-refractivity contribution in [3.63, 3.8) is 0 Å². The molecule has 0 spiro atoms. The maximum Gasteiger partial charge on any atom is 0.152 e. The Balaban J connectivity index is 2.01. The molecule has 2 heteroatoms. The van der Waals surface area contributed by atoms with E-state index in [9.17, 15) is 4.39 Å². The van der Waals surface area contributed by atoms with E-state index in [-0.39, 0.29) is 12.2 Å². The zero-order valence-electron chi connectivity index (χ0n) is 5.51. The van der Waals surface area contributed by atoms with Crippen molar-refractivity contribution in [3.8, 4) is 0 Å². The van der Waals surface area contributed by atoms with Crippen molar-refractivity contribution in [2.75, 3.05) is 0 Å². The van der Waals surface area contributed by atoms with Crippen LogP contribution in [0.5, 0.6) is 0 Å². The molecule has 2 bridgehead atoms. The summed E-state index contributed by atoms with van der Waals surface area (Å²) < 4.78 is 17.9. The standard InChI is InChI=1S/C7H11FO/c1-4-2-5-7(8)6(3-4)9-5/h4-7H,2-3H2,1H3. The highest BCUT2D eigenvalue weighted by Gasteiger charge is 2.47. The predicted molar refractivity (Wildman–Crippen MR) is 32.0 cm³/mol. The maximum absolute atomic E-state index is 12.7. The quantitative estimate of drug-likeness (QED) is 0.483. The van der Waals surface area contributed by atoms with Crippen LogP contribution in [-0.4, -0.2) is 18.4 Å². The SMILES string of the molecule is CC1CC2OC(C1)C2F. The first-order valence-corrected chi connectivity index (χ1v) is 3.57. The van der Waals surface area contributed by atoms with Gasteiger partial charge in [-0.25, -0.2) is 4.39 Å². The van der Waals surface area contributed by atoms with Gasteiger partial charge in [-0.3, -0.25) is 0 Å². The Hall–Kier alpha value is -0.110. The Bertz CT molecular complexity index is 114. The van der Waals surface area contributed by atoms with E-state index in [0.29, 0.717) is 5.92 Å². The third-order valence-corrected chi connectivity index (χ3v) is 2.33. The van der Waals surface area contributed by atoms with E-state index in [1.54, 1.807) is 0 Å². The third-order valence-electron chi connectivity index (χ3n) is 2.33. The summed E-state index contributed by atoms with van der Waals surface area (Å²) in [5.74, 6) is 0.681. The molecule has 0 radical (unpaired) electrons. The van der Waals surface area contributed by atoms with Crippen molar-refractivity contribution >= 4 is 0 Å². The van der Waals surface area contributed by atoms with Crippen LogP contribution < -0.4 is 0 Å². The Morgan fingerprint density at radius 3 is 2.22 bits per heavy atom. The summed E-state index contributed by atoms with van der Waals surface area (Å²) in [6.45, 7) is 2.16. The minimum absolute atomic E-state index is 0.0428. The Morgan fingerprint density at radius 2 is 1.89 bits per heavy atom. The lowest BCUT2D eigenvalue weighted by Gasteiger charge is -2.47. The lowest BCUT2D eigenvalue weighted by atomic mass is 9.80. The first-order chi connectivity index (χ1) is 4.27. The minimum Gasteiger partial charge on any atom is -0.369 e. The van der Waals surface area contributed by atoms with E-state index in [0.717, 1.165) is 12.8 Å². The molecule has 3 rings (SSSR count). The number of fused-ring (bicyclic) bond motifs is 2. The second-order valence-electron chi connectivity index (χ2n) is 3.23. The molecule has 0 N–H and O–H groups in total. The van der Waals surface area contributed by atoms with Crippen LogP contribution in [-0.2, 0) is 4.74 Å². The van der Waals surface area contributed by atoms with E-state index >= 15 is 0 Å². The molecule has 2 unspecified atom stereocenters. The highest BCUT2D eigenvalue weighted by molar-refractivity contribution is 4.95. The molecular weight excluding hydrogens is 119 g/mol. The fourth-order valence-corrected chi connectivity index (χ4v) is 1.78. The van der Waals surface area contributed by atoms with Crippen LogP contribution in [0.3, 0.4) is 0 Å². The van der Waals surface area contributed by atoms with Crippen LogP contribution in [0.4, 0.5) is 4.39 Å². The molecule has 1 aliphatic carbocycles. The maximum atomic E-state index is 12.7. The number of alkyl halides is 1. The van der Waals surface area contributed by atoms with Crippen LogP contribution in [0.25, 0.3) is 0 Å². The topological polar surface area (TPSA) is 9.23 Å². The molecule has 0 aromatic carbocycles. The molecule has 2 heterocycles. The molecule has 52 valence electrons. The summed E-state index contributed by atoms with van der Waals surface area (Å²) in [4.78, 5) is 0. The van der Waals surface area contributed by atoms with E-state index in [1.807, 2.05) is 0 Å². The Kier molecular flexibility index (Phi) is 1.06. The molecule has 2 saturated heterocycles. The molecule has 0 aromatic rings. The number of halogens is 1. The second kappa shape index (κ2) is 1.69. The van der Waals surface area contributed by atoms with Gasteiger partial charge in [0.1, 0.15) is 0 Å². The first-order valence-electron chi connectivity index (χ1n) is 3.57. The molecule has 0 amide bonds. The van der Waals surface area contributed by atoms with Crippen molar-refractivity contribution in [1.82, 2.24) is 0 Å². The molecule has 1 saturated carbocycles. The van der Waals surface area contributed by atoms with Crippen LogP contribution in [0.15, 0.2) is 0 Å². The summed E-state index contributed by atoms with van der Waals surface area (Å²) in [6, 6.07) is 0. The van der Waals surface area contributed by atoms with Gasteiger partial charge in [0, 0.05) is 0 Å². The fourth-order valence-electron chi connectivity index (χ4n) is 1.78. The van der Waals surface area contributed by atoms with Crippen molar-refractivity contribution in [2.24, 2.45) is 5.92 Å². The minimum atomic E-state index is -0.638. The van der Waals surface area contributed by atoms with Gasteiger partial charge >= 0.3 is 0 Å². The lowest BCUT2D eigenvalue weighted by molar-refractivity contribution is -0.229. The summed E-state index contributed by atoms with van der Waals surface area (Å²) in [5, 5.41) is 0. The van der Waals surface area contributed by atoms with E-state index < -0.39 is 6.17 Å². The van der Waals surface area contributed by atoms with Crippen molar-refractivity contribution in [2.45, 2.75) is 38.1 Å². The van der Waals surface area contributed by atoms with Crippen molar-refractivity contribution in [1.29, 1.82) is 0 Å². The van der Waals surface area contributed by atoms with Crippen molar-refractivity contribution < 1.29 is 9.13 Å². The van der Waals surface area contributed by atoms with Gasteiger partial charge in [-0.15, -0.1) is 0 Å². The molecule has 9 heavy (non-hydrogen) atoms. The van der Waals surface area contributed by atoms with Crippen LogP contribution >= 0.6 is 0 Å². The molecule has 3 fully saturated rings. The van der Waals surface area contributed by atoms with Gasteiger partial charge in [-0.1, -0.05) is 6.92 Å². The zero-order valence-corrected chi connectivity index (χ0v) is 5.51. The number of ether oxygens (including phenoxy) is 1. The van der Waals surface area contributed by atoms with Crippen LogP contribution in [0.2, 0.25) is 0 Å². The number of hydrogen-bond acceptors (Lipinski definition) is 1. The van der Waals surface area contributed by atoms with Crippen LogP contribution in [0.1, 0.15) is 19.8 Å². The van der Waals surface area contributed by atoms with Gasteiger partial charge in [0.25, 0.3) is 0 Å². The molecular formula is C7H11FO. The molecule has 2 aliphatic heterocycles. The Labute approximate surface area is 54.2 Å². The van der Waals surface area contributed by atoms with E-state index in [2.05, 4.69) is 6.92 Å². The molecule has 1 nitrogen and oxygen atoms in total. The van der Waals surface area contributed by atoms with Crippen LogP contribution in [0, 0.1) is 5.92 Å². The normalized spacial score (nSPS) is 56.7. The predicted octanol–water partition coefficient (Wildman–Crippen LogP) is 1.52. The number of hydrogen-bond donors (Lipinski definition) is 0. The summed E-state index contributed by atoms with van der Waals surface area (Å²) in [6.07, 6.45) is 1.13. The first kappa shape index (κ1) is 5.66. The monoisotopic (exact) mass is 130 g/mol. The fraction of sp³-hybridized carbons (Fsp3) is 1.00. The van der Waals surface area contributed by atoms with E-state index in [4.69, 9.17) is 4.74 Å². The highest BCUT2D eigenvalue weighted by atomic mass is 19.1. The average molecular weight is 130 g/mol. The third kappa shape index (κ3) is 0.692. The summed E-state index contributed by atoms with van der Waals surface area (Å²) in [7, 11) is 0. The van der Waals surface area contributed by atoms with Gasteiger partial charge in [-0.2, -0.15) is 0 Å². The lowest BCUT2D eigenvalue weighted by Crippen LogP contribution is -2.56. The molecule has 0 aromatic heterocycles. The van der Waals surface area contributed by atoms with Gasteiger partial charge in [-0.05, 0) is 18.8 Å². The molecule has 2 atom stereocenters. The Morgan fingerprint density at radius 1 is 1.33 bits per heavy atom.